The van der Waals surface area contributed by atoms with Gasteiger partial charge in [-0.05, 0) is 18.2 Å². The summed E-state index contributed by atoms with van der Waals surface area (Å²) >= 11 is 5.80. The summed E-state index contributed by atoms with van der Waals surface area (Å²) in [6.45, 7) is 0. The quantitative estimate of drug-likeness (QED) is 0.587. The lowest BCUT2D eigenvalue weighted by Crippen LogP contribution is -2.22. The smallest absolute Gasteiger partial charge is 0.306 e. The van der Waals surface area contributed by atoms with Crippen LogP contribution in [-0.2, 0) is 4.79 Å². The van der Waals surface area contributed by atoms with Crippen LogP contribution in [0.15, 0.2) is 18.2 Å². The Morgan fingerprint density at radius 1 is 1.44 bits per heavy atom. The summed E-state index contributed by atoms with van der Waals surface area (Å²) in [7, 11) is 0. The molecule has 6 heteroatoms. The molecule has 2 unspecified atom stereocenters. The fourth-order valence-corrected chi connectivity index (χ4v) is 1.52. The summed E-state index contributed by atoms with van der Waals surface area (Å²) in [5.41, 5.74) is 6.09. The second-order valence-corrected chi connectivity index (χ2v) is 3.80. The van der Waals surface area contributed by atoms with E-state index in [0.717, 1.165) is 0 Å². The molecule has 0 saturated carbocycles. The molecule has 0 bridgehead atoms. The van der Waals surface area contributed by atoms with E-state index in [0.29, 0.717) is 5.69 Å². The van der Waals surface area contributed by atoms with Crippen molar-refractivity contribution in [3.8, 4) is 0 Å². The van der Waals surface area contributed by atoms with Crippen molar-refractivity contribution in [2.24, 2.45) is 0 Å². The maximum absolute atomic E-state index is 10.4. The van der Waals surface area contributed by atoms with E-state index in [1.54, 1.807) is 6.07 Å². The summed E-state index contributed by atoms with van der Waals surface area (Å²) in [5, 5.41) is 27.8. The zero-order valence-corrected chi connectivity index (χ0v) is 9.05. The van der Waals surface area contributed by atoms with Gasteiger partial charge in [-0.2, -0.15) is 0 Å². The van der Waals surface area contributed by atoms with E-state index in [2.05, 4.69) is 0 Å². The maximum atomic E-state index is 10.4. The summed E-state index contributed by atoms with van der Waals surface area (Å²) in [6.07, 6.45) is -3.35. The molecule has 0 aliphatic heterocycles. The number of hydrogen-bond acceptors (Lipinski definition) is 4. The largest absolute Gasteiger partial charge is 0.481 e. The number of carbonyl (C=O) groups is 1. The highest BCUT2D eigenvalue weighted by molar-refractivity contribution is 6.31. The van der Waals surface area contributed by atoms with Gasteiger partial charge in [0.1, 0.15) is 6.10 Å². The number of rotatable bonds is 4. The zero-order chi connectivity index (χ0) is 12.3. The van der Waals surface area contributed by atoms with Gasteiger partial charge < -0.3 is 21.1 Å². The molecule has 0 aliphatic carbocycles. The van der Waals surface area contributed by atoms with Crippen LogP contribution in [0.5, 0.6) is 0 Å². The topological polar surface area (TPSA) is 104 Å². The highest BCUT2D eigenvalue weighted by atomic mass is 35.5. The molecule has 0 fully saturated rings. The number of hydrogen-bond donors (Lipinski definition) is 4. The lowest BCUT2D eigenvalue weighted by Gasteiger charge is -2.18. The highest BCUT2D eigenvalue weighted by Crippen LogP contribution is 2.28. The summed E-state index contributed by atoms with van der Waals surface area (Å²) in [6, 6.07) is 4.42. The lowest BCUT2D eigenvalue weighted by atomic mass is 10.0. The minimum Gasteiger partial charge on any atom is -0.481 e. The number of aliphatic carboxylic acids is 1. The van der Waals surface area contributed by atoms with Crippen molar-refractivity contribution in [1.29, 1.82) is 0 Å². The summed E-state index contributed by atoms with van der Waals surface area (Å²) in [5.74, 6) is -1.20. The molecule has 0 heterocycles. The van der Waals surface area contributed by atoms with Gasteiger partial charge in [-0.3, -0.25) is 4.79 Å². The lowest BCUT2D eigenvalue weighted by molar-refractivity contribution is -0.141. The Hall–Kier alpha value is -1.30. The van der Waals surface area contributed by atoms with E-state index in [4.69, 9.17) is 22.4 Å². The SMILES string of the molecule is Nc1ccc(Cl)c(C(O)C(O)CC(=O)O)c1. The maximum Gasteiger partial charge on any atom is 0.306 e. The van der Waals surface area contributed by atoms with Gasteiger partial charge in [-0.15, -0.1) is 0 Å². The van der Waals surface area contributed by atoms with Crippen LogP contribution in [0.1, 0.15) is 18.1 Å². The number of halogens is 1. The normalized spacial score (nSPS) is 14.4. The molecule has 1 aromatic carbocycles. The molecule has 0 amide bonds. The molecule has 5 N–H and O–H groups in total. The van der Waals surface area contributed by atoms with Gasteiger partial charge in [0.25, 0.3) is 0 Å². The molecule has 0 aliphatic rings. The Balaban J connectivity index is 2.90. The van der Waals surface area contributed by atoms with Crippen molar-refractivity contribution in [3.63, 3.8) is 0 Å². The molecule has 5 nitrogen and oxygen atoms in total. The number of benzene rings is 1. The van der Waals surface area contributed by atoms with E-state index in [9.17, 15) is 15.0 Å². The minimum absolute atomic E-state index is 0.218. The molecular weight excluding hydrogens is 234 g/mol. The Morgan fingerprint density at radius 2 is 2.06 bits per heavy atom. The van der Waals surface area contributed by atoms with Crippen LogP contribution in [0.25, 0.3) is 0 Å². The third kappa shape index (κ3) is 3.10. The van der Waals surface area contributed by atoms with Gasteiger partial charge in [0, 0.05) is 16.3 Å². The van der Waals surface area contributed by atoms with E-state index < -0.39 is 24.6 Å². The van der Waals surface area contributed by atoms with Crippen molar-refractivity contribution in [2.45, 2.75) is 18.6 Å². The van der Waals surface area contributed by atoms with Crippen LogP contribution in [0.3, 0.4) is 0 Å². The number of carboxylic acids is 1. The van der Waals surface area contributed by atoms with E-state index >= 15 is 0 Å². The molecule has 2 atom stereocenters. The zero-order valence-electron chi connectivity index (χ0n) is 8.30. The Kier molecular flexibility index (Phi) is 4.12. The van der Waals surface area contributed by atoms with E-state index in [1.807, 2.05) is 0 Å². The average Bonchev–Trinajstić information content (AvgIpc) is 2.19. The Morgan fingerprint density at radius 3 is 2.62 bits per heavy atom. The molecule has 1 rings (SSSR count). The first-order valence-electron chi connectivity index (χ1n) is 4.54. The van der Waals surface area contributed by atoms with Crippen LogP contribution < -0.4 is 5.73 Å². The van der Waals surface area contributed by atoms with Crippen molar-refractivity contribution < 1.29 is 20.1 Å². The van der Waals surface area contributed by atoms with Crippen molar-refractivity contribution in [2.75, 3.05) is 5.73 Å². The van der Waals surface area contributed by atoms with E-state index in [1.165, 1.54) is 12.1 Å². The predicted octanol–water partition coefficient (Wildman–Crippen LogP) is 0.791. The molecular formula is C10H12ClNO4. The predicted molar refractivity (Wildman–Crippen MR) is 59.1 cm³/mol. The van der Waals surface area contributed by atoms with Gasteiger partial charge in [0.15, 0.2) is 0 Å². The molecule has 0 radical (unpaired) electrons. The standard InChI is InChI=1S/C10H12ClNO4/c11-7-2-1-5(12)3-6(7)10(16)8(13)4-9(14)15/h1-3,8,10,13,16H,4,12H2,(H,14,15). The van der Waals surface area contributed by atoms with Crippen molar-refractivity contribution in [1.82, 2.24) is 0 Å². The molecule has 0 aromatic heterocycles. The number of carboxylic acid groups (broad SMARTS) is 1. The minimum atomic E-state index is -1.42. The summed E-state index contributed by atoms with van der Waals surface area (Å²) in [4.78, 5) is 10.4. The second-order valence-electron chi connectivity index (χ2n) is 3.39. The first-order valence-corrected chi connectivity index (χ1v) is 4.92. The Bertz CT molecular complexity index is 396. The molecule has 0 saturated heterocycles. The number of nitrogens with two attached hydrogens (primary N) is 1. The van der Waals surface area contributed by atoms with Crippen molar-refractivity contribution >= 4 is 23.3 Å². The highest BCUT2D eigenvalue weighted by Gasteiger charge is 2.23. The summed E-state index contributed by atoms with van der Waals surface area (Å²) < 4.78 is 0. The van der Waals surface area contributed by atoms with Crippen LogP contribution >= 0.6 is 11.6 Å². The van der Waals surface area contributed by atoms with E-state index in [-0.39, 0.29) is 10.6 Å². The fourth-order valence-electron chi connectivity index (χ4n) is 1.29. The number of anilines is 1. The fraction of sp³-hybridized carbons (Fsp3) is 0.300. The third-order valence-corrected chi connectivity index (χ3v) is 2.43. The number of aliphatic hydroxyl groups excluding tert-OH is 2. The molecule has 1 aromatic rings. The monoisotopic (exact) mass is 245 g/mol. The first-order chi connectivity index (χ1) is 7.41. The second kappa shape index (κ2) is 5.16. The van der Waals surface area contributed by atoms with Crippen LogP contribution in [-0.4, -0.2) is 27.4 Å². The van der Waals surface area contributed by atoms with Gasteiger partial charge in [0.2, 0.25) is 0 Å². The molecule has 88 valence electrons. The Labute approximate surface area is 97.1 Å². The first kappa shape index (κ1) is 12.8. The van der Waals surface area contributed by atoms with Crippen LogP contribution in [0.4, 0.5) is 5.69 Å². The average molecular weight is 246 g/mol. The number of aliphatic hydroxyl groups is 2. The molecule has 16 heavy (non-hydrogen) atoms. The molecule has 0 spiro atoms. The third-order valence-electron chi connectivity index (χ3n) is 2.09. The van der Waals surface area contributed by atoms with Crippen LogP contribution in [0, 0.1) is 0 Å². The van der Waals surface area contributed by atoms with Crippen LogP contribution in [0.2, 0.25) is 5.02 Å². The van der Waals surface area contributed by atoms with Gasteiger partial charge >= 0.3 is 5.97 Å². The van der Waals surface area contributed by atoms with Gasteiger partial charge in [0.05, 0.1) is 12.5 Å². The van der Waals surface area contributed by atoms with Gasteiger partial charge in [-0.25, -0.2) is 0 Å². The number of nitrogen functional groups attached to an aromatic ring is 1. The van der Waals surface area contributed by atoms with Crippen molar-refractivity contribution in [3.05, 3.63) is 28.8 Å². The van der Waals surface area contributed by atoms with Gasteiger partial charge in [-0.1, -0.05) is 11.6 Å².